The number of hydrogen-bond acceptors (Lipinski definition) is 4. The van der Waals surface area contributed by atoms with Crippen molar-refractivity contribution in [1.29, 1.82) is 0 Å². The van der Waals surface area contributed by atoms with Crippen LogP contribution < -0.4 is 22.4 Å². The predicted molar refractivity (Wildman–Crippen MR) is 94.6 cm³/mol. The van der Waals surface area contributed by atoms with Crippen LogP contribution in [0.1, 0.15) is 0 Å². The van der Waals surface area contributed by atoms with Crippen LogP contribution in [0.4, 0.5) is 0 Å². The largest absolute Gasteiger partial charge is 0.325 e. The summed E-state index contributed by atoms with van der Waals surface area (Å²) in [7, 11) is 0. The molecule has 0 saturated heterocycles. The summed E-state index contributed by atoms with van der Waals surface area (Å²) in [4.78, 5) is 53.7. The number of rotatable bonds is 1. The summed E-state index contributed by atoms with van der Waals surface area (Å²) in [5, 5.41) is 1.82. The highest BCUT2D eigenvalue weighted by atomic mass is 16.2. The molecule has 0 aliphatic heterocycles. The maximum Gasteiger partial charge on any atom is 0.325 e. The van der Waals surface area contributed by atoms with Crippen molar-refractivity contribution < 1.29 is 0 Å². The van der Waals surface area contributed by atoms with Crippen LogP contribution in [-0.2, 0) is 0 Å². The average Bonchev–Trinajstić information content (AvgIpc) is 2.71. The van der Waals surface area contributed by atoms with Gasteiger partial charge in [-0.15, -0.1) is 0 Å². The van der Waals surface area contributed by atoms with E-state index in [1.807, 2.05) is 4.98 Å². The van der Waals surface area contributed by atoms with E-state index in [4.69, 9.17) is 0 Å². The first-order chi connectivity index (χ1) is 12.1. The molecule has 2 aromatic carbocycles. The van der Waals surface area contributed by atoms with Gasteiger partial charge in [-0.05, 0) is 22.9 Å². The number of hydrogen-bond donors (Lipinski definition) is 2. The fourth-order valence-corrected chi connectivity index (χ4v) is 2.93. The van der Waals surface area contributed by atoms with Gasteiger partial charge in [0.1, 0.15) is 5.69 Å². The van der Waals surface area contributed by atoms with Crippen LogP contribution in [0.25, 0.3) is 27.2 Å². The Balaban J connectivity index is 2.38. The minimum Gasteiger partial charge on any atom is -0.312 e. The summed E-state index contributed by atoms with van der Waals surface area (Å²) in [6.45, 7) is 0. The van der Waals surface area contributed by atoms with Gasteiger partial charge in [0.05, 0.1) is 0 Å². The Hall–Kier alpha value is -3.74. The Bertz CT molecular complexity index is 1310. The molecule has 25 heavy (non-hydrogen) atoms. The van der Waals surface area contributed by atoms with Gasteiger partial charge in [-0.3, -0.25) is 19.4 Å². The zero-order valence-corrected chi connectivity index (χ0v) is 12.8. The molecule has 0 fully saturated rings. The van der Waals surface area contributed by atoms with E-state index in [1.165, 1.54) is 0 Å². The van der Waals surface area contributed by atoms with Gasteiger partial charge in [0, 0.05) is 17.0 Å². The van der Waals surface area contributed by atoms with Crippen molar-refractivity contribution in [3.05, 3.63) is 96.3 Å². The SMILES string of the molecule is O=c1[nH]cc(-n2c(=O)c3ccccc3c3ccccc3c2=O)c(=O)[nH]1. The highest BCUT2D eigenvalue weighted by Crippen LogP contribution is 2.19. The lowest BCUT2D eigenvalue weighted by Crippen LogP contribution is -2.35. The molecule has 2 aromatic heterocycles. The number of aromatic amines is 2. The Morgan fingerprint density at radius 1 is 0.680 bits per heavy atom. The number of nitrogens with one attached hydrogen (secondary N) is 2. The van der Waals surface area contributed by atoms with E-state index >= 15 is 0 Å². The van der Waals surface area contributed by atoms with E-state index in [-0.39, 0.29) is 5.69 Å². The fourth-order valence-electron chi connectivity index (χ4n) is 2.93. The number of benzene rings is 2. The van der Waals surface area contributed by atoms with Crippen molar-refractivity contribution >= 4 is 21.5 Å². The van der Waals surface area contributed by atoms with Crippen LogP contribution in [0.15, 0.2) is 73.9 Å². The molecule has 0 aliphatic rings. The molecule has 0 atom stereocenters. The van der Waals surface area contributed by atoms with E-state index in [9.17, 15) is 19.2 Å². The molecule has 2 N–H and O–H groups in total. The van der Waals surface area contributed by atoms with Gasteiger partial charge >= 0.3 is 5.69 Å². The van der Waals surface area contributed by atoms with Gasteiger partial charge in [0.25, 0.3) is 16.7 Å². The van der Waals surface area contributed by atoms with Crippen LogP contribution in [0.2, 0.25) is 0 Å². The molecule has 4 aromatic rings. The number of H-pyrrole nitrogens is 2. The summed E-state index contributed by atoms with van der Waals surface area (Å²) in [5.74, 6) is 0. The van der Waals surface area contributed by atoms with Gasteiger partial charge < -0.3 is 4.98 Å². The molecule has 122 valence electrons. The van der Waals surface area contributed by atoms with Gasteiger partial charge in [-0.1, -0.05) is 36.4 Å². The fraction of sp³-hybridized carbons (Fsp3) is 0. The van der Waals surface area contributed by atoms with Gasteiger partial charge in [0.2, 0.25) is 0 Å². The van der Waals surface area contributed by atoms with E-state index in [0.717, 1.165) is 10.8 Å². The monoisotopic (exact) mass is 333 g/mol. The summed E-state index contributed by atoms with van der Waals surface area (Å²) < 4.78 is 0.791. The van der Waals surface area contributed by atoms with Crippen molar-refractivity contribution in [2.45, 2.75) is 0 Å². The second-order valence-electron chi connectivity index (χ2n) is 5.49. The topological polar surface area (TPSA) is 105 Å². The van der Waals surface area contributed by atoms with Crippen LogP contribution >= 0.6 is 0 Å². The first-order valence-corrected chi connectivity index (χ1v) is 7.47. The highest BCUT2D eigenvalue weighted by molar-refractivity contribution is 6.05. The van der Waals surface area contributed by atoms with Crippen LogP contribution in [-0.4, -0.2) is 14.5 Å². The molecule has 7 heteroatoms. The molecule has 0 bridgehead atoms. The molecule has 0 unspecified atom stereocenters. The van der Waals surface area contributed by atoms with Crippen molar-refractivity contribution in [2.75, 3.05) is 0 Å². The number of nitrogens with zero attached hydrogens (tertiary/aromatic N) is 1. The third-order valence-electron chi connectivity index (χ3n) is 4.05. The zero-order chi connectivity index (χ0) is 17.6. The number of fused-ring (bicyclic) bond motifs is 3. The summed E-state index contributed by atoms with van der Waals surface area (Å²) >= 11 is 0. The normalized spacial score (nSPS) is 11.0. The molecule has 0 radical (unpaired) electrons. The Morgan fingerprint density at radius 3 is 1.64 bits per heavy atom. The zero-order valence-electron chi connectivity index (χ0n) is 12.8. The first kappa shape index (κ1) is 14.8. The van der Waals surface area contributed by atoms with Crippen molar-refractivity contribution in [2.24, 2.45) is 0 Å². The summed E-state index contributed by atoms with van der Waals surface area (Å²) in [5.41, 5.74) is -3.03. The molecule has 0 spiro atoms. The predicted octanol–water partition coefficient (Wildman–Crippen LogP) is 0.881. The van der Waals surface area contributed by atoms with Crippen LogP contribution in [0.5, 0.6) is 0 Å². The van der Waals surface area contributed by atoms with Crippen molar-refractivity contribution in [3.8, 4) is 5.69 Å². The lowest BCUT2D eigenvalue weighted by Gasteiger charge is -2.00. The molecule has 4 rings (SSSR count). The third kappa shape index (κ3) is 2.21. The lowest BCUT2D eigenvalue weighted by atomic mass is 10.1. The first-order valence-electron chi connectivity index (χ1n) is 7.47. The van der Waals surface area contributed by atoms with E-state index in [2.05, 4.69) is 4.98 Å². The molecular weight excluding hydrogens is 322 g/mol. The van der Waals surface area contributed by atoms with Crippen LogP contribution in [0.3, 0.4) is 0 Å². The van der Waals surface area contributed by atoms with Gasteiger partial charge in [-0.2, -0.15) is 0 Å². The summed E-state index contributed by atoms with van der Waals surface area (Å²) in [6.07, 6.45) is 1.06. The van der Waals surface area contributed by atoms with E-state index in [1.54, 1.807) is 48.5 Å². The molecule has 7 nitrogen and oxygen atoms in total. The van der Waals surface area contributed by atoms with Crippen molar-refractivity contribution in [3.63, 3.8) is 0 Å². The second kappa shape index (κ2) is 5.41. The summed E-state index contributed by atoms with van der Waals surface area (Å²) in [6, 6.07) is 13.6. The minimum absolute atomic E-state index is 0.235. The Morgan fingerprint density at radius 2 is 1.16 bits per heavy atom. The quantitative estimate of drug-likeness (QED) is 0.539. The highest BCUT2D eigenvalue weighted by Gasteiger charge is 2.14. The number of aromatic nitrogens is 3. The molecular formula is C18H11N3O4. The molecule has 0 amide bonds. The third-order valence-corrected chi connectivity index (χ3v) is 4.05. The van der Waals surface area contributed by atoms with E-state index < -0.39 is 22.4 Å². The maximum absolute atomic E-state index is 13.0. The Kier molecular flexibility index (Phi) is 3.21. The minimum atomic E-state index is -0.817. The molecule has 2 heterocycles. The average molecular weight is 333 g/mol. The Labute approximate surface area is 138 Å². The lowest BCUT2D eigenvalue weighted by molar-refractivity contribution is 0.907. The molecule has 0 aliphatic carbocycles. The second-order valence-corrected chi connectivity index (χ2v) is 5.49. The maximum atomic E-state index is 13.0. The van der Waals surface area contributed by atoms with Crippen molar-refractivity contribution in [1.82, 2.24) is 14.5 Å². The van der Waals surface area contributed by atoms with Gasteiger partial charge in [0.15, 0.2) is 0 Å². The van der Waals surface area contributed by atoms with Gasteiger partial charge in [-0.25, -0.2) is 9.36 Å². The smallest absolute Gasteiger partial charge is 0.312 e. The standard InChI is InChI=1S/C18H11N3O4/c22-15-14(9-19-18(25)20-15)21-16(23)12-7-3-1-5-10(12)11-6-2-4-8-13(11)17(21)24/h1-9H,(H2,19,20,22,25). The van der Waals surface area contributed by atoms with Crippen LogP contribution in [0, 0.1) is 0 Å². The van der Waals surface area contributed by atoms with E-state index in [0.29, 0.717) is 21.5 Å². The molecule has 0 saturated carbocycles.